The number of amides is 3. The van der Waals surface area contributed by atoms with Crippen LogP contribution in [0.4, 0.5) is 5.69 Å². The van der Waals surface area contributed by atoms with Gasteiger partial charge in [-0.1, -0.05) is 0 Å². The lowest BCUT2D eigenvalue weighted by molar-refractivity contribution is -0.128. The maximum absolute atomic E-state index is 12.1. The summed E-state index contributed by atoms with van der Waals surface area (Å²) < 4.78 is 5.41. The van der Waals surface area contributed by atoms with E-state index in [9.17, 15) is 14.4 Å². The predicted molar refractivity (Wildman–Crippen MR) is 87.4 cm³/mol. The van der Waals surface area contributed by atoms with Crippen molar-refractivity contribution < 1.29 is 19.1 Å². The van der Waals surface area contributed by atoms with Crippen LogP contribution in [0.25, 0.3) is 11.3 Å². The number of aromatic nitrogens is 1. The number of carbonyl (C=O) groups excluding carboxylic acids is 3. The first-order valence-electron chi connectivity index (χ1n) is 7.06. The van der Waals surface area contributed by atoms with Gasteiger partial charge in [-0.2, -0.15) is 0 Å². The van der Waals surface area contributed by atoms with E-state index in [2.05, 4.69) is 15.8 Å². The molecular weight excluding hydrogens is 332 g/mol. The zero-order valence-corrected chi connectivity index (χ0v) is 13.6. The first-order chi connectivity index (χ1) is 11.5. The van der Waals surface area contributed by atoms with E-state index in [4.69, 9.17) is 4.74 Å². The minimum absolute atomic E-state index is 0.142. The monoisotopic (exact) mass is 346 g/mol. The lowest BCUT2D eigenvalue weighted by Crippen LogP contribution is -2.49. The molecule has 24 heavy (non-hydrogen) atoms. The Labute approximate surface area is 141 Å². The zero-order chi connectivity index (χ0) is 17.1. The largest absolute Gasteiger partial charge is 0.482 e. The summed E-state index contributed by atoms with van der Waals surface area (Å²) in [7, 11) is 0. The number of anilines is 1. The summed E-state index contributed by atoms with van der Waals surface area (Å²) in [6.45, 7) is 0.905. The van der Waals surface area contributed by atoms with Crippen LogP contribution in [0.2, 0.25) is 0 Å². The van der Waals surface area contributed by atoms with Gasteiger partial charge in [-0.05, 0) is 18.2 Å². The Kier molecular flexibility index (Phi) is 4.43. The predicted octanol–water partition coefficient (Wildman–Crippen LogP) is 0.703. The summed E-state index contributed by atoms with van der Waals surface area (Å²) in [4.78, 5) is 40.5. The van der Waals surface area contributed by atoms with Gasteiger partial charge >= 0.3 is 0 Å². The van der Waals surface area contributed by atoms with Crippen molar-refractivity contribution in [2.75, 3.05) is 18.1 Å². The maximum Gasteiger partial charge on any atom is 0.265 e. The van der Waals surface area contributed by atoms with E-state index in [1.807, 2.05) is 11.4 Å². The molecule has 0 aliphatic carbocycles. The highest BCUT2D eigenvalue weighted by Crippen LogP contribution is 2.35. The van der Waals surface area contributed by atoms with Gasteiger partial charge in [0.15, 0.2) is 6.61 Å². The standard InChI is InChI=1S/C15H14N4O4S/c1-9(20)17-18-14(21)5-19-12-4-10(11-7-24-8-16-11)2-3-13(12)23-6-15(19)22/h2-4,7-8H,5-6H2,1H3,(H,17,20)(H,18,21). The molecule has 3 rings (SSSR count). The fourth-order valence-corrected chi connectivity index (χ4v) is 2.79. The highest BCUT2D eigenvalue weighted by atomic mass is 32.1. The SMILES string of the molecule is CC(=O)NNC(=O)CN1C(=O)COc2ccc(-c3cscn3)cc21. The summed E-state index contributed by atoms with van der Waals surface area (Å²) in [5.74, 6) is -0.731. The van der Waals surface area contributed by atoms with Gasteiger partial charge in [0.1, 0.15) is 12.3 Å². The second-order valence-corrected chi connectivity index (χ2v) is 5.77. The Bertz CT molecular complexity index is 791. The third-order valence-electron chi connectivity index (χ3n) is 3.31. The average molecular weight is 346 g/mol. The molecule has 2 heterocycles. The van der Waals surface area contributed by atoms with E-state index >= 15 is 0 Å². The second kappa shape index (κ2) is 6.67. The molecule has 1 aliphatic heterocycles. The van der Waals surface area contributed by atoms with Crippen molar-refractivity contribution >= 4 is 34.7 Å². The molecule has 1 aromatic carbocycles. The number of hydrogen-bond acceptors (Lipinski definition) is 6. The van der Waals surface area contributed by atoms with Crippen LogP contribution in [0.15, 0.2) is 29.1 Å². The summed E-state index contributed by atoms with van der Waals surface area (Å²) in [6, 6.07) is 5.35. The molecular formula is C15H14N4O4S. The van der Waals surface area contributed by atoms with E-state index in [0.29, 0.717) is 11.4 Å². The molecule has 0 spiro atoms. The van der Waals surface area contributed by atoms with Crippen LogP contribution in [0, 0.1) is 0 Å². The summed E-state index contributed by atoms with van der Waals surface area (Å²) in [5, 5.41) is 1.89. The van der Waals surface area contributed by atoms with Gasteiger partial charge in [0.25, 0.3) is 11.8 Å². The molecule has 0 fully saturated rings. The van der Waals surface area contributed by atoms with Gasteiger partial charge in [-0.25, -0.2) is 4.98 Å². The number of rotatable bonds is 3. The molecule has 2 N–H and O–H groups in total. The van der Waals surface area contributed by atoms with Crippen molar-refractivity contribution in [3.63, 3.8) is 0 Å². The lowest BCUT2D eigenvalue weighted by Gasteiger charge is -2.29. The molecule has 1 aliphatic rings. The van der Waals surface area contributed by atoms with Crippen molar-refractivity contribution in [1.29, 1.82) is 0 Å². The van der Waals surface area contributed by atoms with Crippen molar-refractivity contribution in [2.24, 2.45) is 0 Å². The summed E-state index contributed by atoms with van der Waals surface area (Å²) in [6.07, 6.45) is 0. The molecule has 0 bridgehead atoms. The minimum atomic E-state index is -0.509. The molecule has 8 nitrogen and oxygen atoms in total. The molecule has 0 saturated heterocycles. The van der Waals surface area contributed by atoms with Gasteiger partial charge < -0.3 is 4.74 Å². The number of thiazole rings is 1. The Balaban J connectivity index is 1.86. The van der Waals surface area contributed by atoms with Crippen molar-refractivity contribution in [2.45, 2.75) is 6.92 Å². The molecule has 2 aromatic rings. The van der Waals surface area contributed by atoms with Gasteiger partial charge in [-0.15, -0.1) is 11.3 Å². The number of carbonyl (C=O) groups is 3. The van der Waals surface area contributed by atoms with Gasteiger partial charge in [-0.3, -0.25) is 30.1 Å². The normalized spacial score (nSPS) is 13.0. The summed E-state index contributed by atoms with van der Waals surface area (Å²) in [5.41, 5.74) is 8.24. The molecule has 0 saturated carbocycles. The Morgan fingerprint density at radius 3 is 2.92 bits per heavy atom. The first kappa shape index (κ1) is 15.9. The average Bonchev–Trinajstić information content (AvgIpc) is 3.09. The van der Waals surface area contributed by atoms with E-state index in [-0.39, 0.29) is 19.1 Å². The molecule has 124 valence electrons. The molecule has 0 radical (unpaired) electrons. The van der Waals surface area contributed by atoms with Gasteiger partial charge in [0, 0.05) is 17.9 Å². The zero-order valence-electron chi connectivity index (χ0n) is 12.7. The van der Waals surface area contributed by atoms with Crippen LogP contribution in [0.1, 0.15) is 6.92 Å². The highest BCUT2D eigenvalue weighted by Gasteiger charge is 2.28. The van der Waals surface area contributed by atoms with E-state index < -0.39 is 11.8 Å². The number of hydrazine groups is 1. The van der Waals surface area contributed by atoms with Crippen LogP contribution in [-0.2, 0) is 14.4 Å². The third kappa shape index (κ3) is 3.35. The lowest BCUT2D eigenvalue weighted by atomic mass is 10.1. The number of fused-ring (bicyclic) bond motifs is 1. The topological polar surface area (TPSA) is 101 Å². The highest BCUT2D eigenvalue weighted by molar-refractivity contribution is 7.07. The molecule has 9 heteroatoms. The Morgan fingerprint density at radius 2 is 2.21 bits per heavy atom. The number of ether oxygens (including phenoxy) is 1. The Morgan fingerprint density at radius 1 is 1.38 bits per heavy atom. The first-order valence-corrected chi connectivity index (χ1v) is 8.00. The van der Waals surface area contributed by atoms with E-state index in [1.54, 1.807) is 17.6 Å². The van der Waals surface area contributed by atoms with Crippen molar-refractivity contribution in [1.82, 2.24) is 15.8 Å². The van der Waals surface area contributed by atoms with Crippen LogP contribution >= 0.6 is 11.3 Å². The molecule has 3 amide bonds. The van der Waals surface area contributed by atoms with E-state index in [1.165, 1.54) is 23.2 Å². The van der Waals surface area contributed by atoms with Crippen molar-refractivity contribution in [3.8, 4) is 17.0 Å². The van der Waals surface area contributed by atoms with Crippen LogP contribution < -0.4 is 20.5 Å². The van der Waals surface area contributed by atoms with E-state index in [0.717, 1.165) is 11.3 Å². The molecule has 0 unspecified atom stereocenters. The minimum Gasteiger partial charge on any atom is -0.482 e. The quantitative estimate of drug-likeness (QED) is 0.797. The third-order valence-corrected chi connectivity index (χ3v) is 3.90. The second-order valence-electron chi connectivity index (χ2n) is 5.05. The molecule has 0 atom stereocenters. The smallest absolute Gasteiger partial charge is 0.265 e. The van der Waals surface area contributed by atoms with Crippen LogP contribution in [-0.4, -0.2) is 35.9 Å². The number of benzene rings is 1. The van der Waals surface area contributed by atoms with Gasteiger partial charge in [0.05, 0.1) is 16.9 Å². The van der Waals surface area contributed by atoms with Crippen molar-refractivity contribution in [3.05, 3.63) is 29.1 Å². The fraction of sp³-hybridized carbons (Fsp3) is 0.200. The number of nitrogens with zero attached hydrogens (tertiary/aromatic N) is 2. The van der Waals surface area contributed by atoms with Gasteiger partial charge in [0.2, 0.25) is 5.91 Å². The number of hydrogen-bond donors (Lipinski definition) is 2. The number of nitrogens with one attached hydrogen (secondary N) is 2. The maximum atomic E-state index is 12.1. The summed E-state index contributed by atoms with van der Waals surface area (Å²) >= 11 is 1.47. The fourth-order valence-electron chi connectivity index (χ4n) is 2.23. The molecule has 1 aromatic heterocycles. The van der Waals surface area contributed by atoms with Crippen LogP contribution in [0.5, 0.6) is 5.75 Å². The van der Waals surface area contributed by atoms with Crippen LogP contribution in [0.3, 0.4) is 0 Å². The Hall–Kier alpha value is -2.94.